The number of allylic oxidation sites excluding steroid dienone is 2. The number of likely N-dealkylation sites (N-methyl/N-ethyl adjacent to an activating group) is 1. The van der Waals surface area contributed by atoms with E-state index in [1.54, 1.807) is 0 Å². The molecule has 0 aromatic rings. The summed E-state index contributed by atoms with van der Waals surface area (Å²) in [6.45, 7) is 0. The van der Waals surface area contributed by atoms with E-state index < -0.39 is 0 Å². The Morgan fingerprint density at radius 3 is 2.90 bits per heavy atom. The van der Waals surface area contributed by atoms with Crippen molar-refractivity contribution in [2.75, 3.05) is 7.05 Å². The van der Waals surface area contributed by atoms with Crippen molar-refractivity contribution in [3.8, 4) is 0 Å². The lowest BCUT2D eigenvalue weighted by atomic mass is 10.1. The van der Waals surface area contributed by atoms with E-state index in [0.29, 0.717) is 11.3 Å². The van der Waals surface area contributed by atoms with Gasteiger partial charge in [-0.1, -0.05) is 18.2 Å². The third-order valence-corrected chi connectivity index (χ3v) is 1.97. The van der Waals surface area contributed by atoms with Crippen molar-refractivity contribution in [2.24, 2.45) is 0 Å². The summed E-state index contributed by atoms with van der Waals surface area (Å²) in [5.74, 6) is 0. The molecular formula is C7H9NOS. The highest BCUT2D eigenvalue weighted by molar-refractivity contribution is 7.67. The van der Waals surface area contributed by atoms with E-state index >= 15 is 0 Å². The first-order valence-corrected chi connectivity index (χ1v) is 3.81. The van der Waals surface area contributed by atoms with E-state index in [-0.39, 0.29) is 6.04 Å². The summed E-state index contributed by atoms with van der Waals surface area (Å²) < 4.78 is 10.4. The van der Waals surface area contributed by atoms with Crippen molar-refractivity contribution in [1.82, 2.24) is 5.32 Å². The Morgan fingerprint density at radius 1 is 1.60 bits per heavy atom. The van der Waals surface area contributed by atoms with Gasteiger partial charge in [-0.2, -0.15) is 0 Å². The minimum Gasteiger partial charge on any atom is -0.309 e. The quantitative estimate of drug-likeness (QED) is 0.544. The molecule has 0 aromatic heterocycles. The van der Waals surface area contributed by atoms with Gasteiger partial charge in [-0.05, 0) is 13.1 Å². The van der Waals surface area contributed by atoms with E-state index in [1.807, 2.05) is 31.4 Å². The summed E-state index contributed by atoms with van der Waals surface area (Å²) in [6, 6.07) is 0.118. The molecule has 0 heterocycles. The van der Waals surface area contributed by atoms with Gasteiger partial charge in [0, 0.05) is 0 Å². The summed E-state index contributed by atoms with van der Waals surface area (Å²) in [5, 5.41) is 3.01. The Labute approximate surface area is 63.7 Å². The second-order valence-corrected chi connectivity index (χ2v) is 2.63. The lowest BCUT2D eigenvalue weighted by molar-refractivity contribution is 0.700. The predicted octanol–water partition coefficient (Wildman–Crippen LogP) is 0.0858. The van der Waals surface area contributed by atoms with Crippen LogP contribution in [0.4, 0.5) is 0 Å². The molecule has 10 heavy (non-hydrogen) atoms. The van der Waals surface area contributed by atoms with Crippen molar-refractivity contribution in [3.05, 3.63) is 24.3 Å². The molecule has 0 aromatic carbocycles. The molecular weight excluding hydrogens is 146 g/mol. The maximum absolute atomic E-state index is 10.4. The molecule has 1 aliphatic carbocycles. The molecule has 0 fully saturated rings. The van der Waals surface area contributed by atoms with Crippen molar-refractivity contribution in [2.45, 2.75) is 6.04 Å². The average molecular weight is 155 g/mol. The zero-order valence-corrected chi connectivity index (χ0v) is 6.52. The van der Waals surface area contributed by atoms with Crippen LogP contribution in [0.2, 0.25) is 0 Å². The Hall–Kier alpha value is -0.670. The molecule has 0 aliphatic heterocycles. The van der Waals surface area contributed by atoms with Gasteiger partial charge in [-0.3, -0.25) is 0 Å². The zero-order valence-electron chi connectivity index (χ0n) is 5.70. The summed E-state index contributed by atoms with van der Waals surface area (Å²) in [7, 11) is 1.84. The maximum Gasteiger partial charge on any atom is 0.0940 e. The molecule has 0 saturated carbocycles. The highest BCUT2D eigenvalue weighted by Gasteiger charge is 2.08. The molecule has 54 valence electrons. The summed E-state index contributed by atoms with van der Waals surface area (Å²) >= 11 is 0.545. The molecule has 2 nitrogen and oxygen atoms in total. The molecule has 3 heteroatoms. The van der Waals surface area contributed by atoms with Crippen LogP contribution >= 0.6 is 0 Å². The first-order chi connectivity index (χ1) is 4.88. The highest BCUT2D eigenvalue weighted by atomic mass is 32.1. The first kappa shape index (κ1) is 7.44. The van der Waals surface area contributed by atoms with Crippen LogP contribution in [0.5, 0.6) is 0 Å². The van der Waals surface area contributed by atoms with Gasteiger partial charge < -0.3 is 5.32 Å². The summed E-state index contributed by atoms with van der Waals surface area (Å²) in [5.41, 5.74) is 0. The highest BCUT2D eigenvalue weighted by Crippen LogP contribution is 1.97. The molecule has 1 aliphatic rings. The molecule has 1 unspecified atom stereocenters. The van der Waals surface area contributed by atoms with Gasteiger partial charge in [0.25, 0.3) is 0 Å². The second kappa shape index (κ2) is 3.49. The van der Waals surface area contributed by atoms with Gasteiger partial charge in [-0.15, -0.1) is 0 Å². The van der Waals surface area contributed by atoms with Crippen LogP contribution in [0.25, 0.3) is 0 Å². The van der Waals surface area contributed by atoms with E-state index in [4.69, 9.17) is 0 Å². The maximum atomic E-state index is 10.4. The fourth-order valence-corrected chi connectivity index (χ4v) is 1.28. The average Bonchev–Trinajstić information content (AvgIpc) is 2.04. The lowest BCUT2D eigenvalue weighted by Gasteiger charge is -2.11. The molecule has 0 bridgehead atoms. The van der Waals surface area contributed by atoms with Gasteiger partial charge in [-0.25, -0.2) is 4.21 Å². The van der Waals surface area contributed by atoms with E-state index in [0.717, 1.165) is 4.86 Å². The minimum absolute atomic E-state index is 0.118. The molecule has 1 atom stereocenters. The SMILES string of the molecule is CNC1C=CC=CC1=S=O. The van der Waals surface area contributed by atoms with E-state index in [2.05, 4.69) is 5.32 Å². The third kappa shape index (κ3) is 1.43. The van der Waals surface area contributed by atoms with Crippen molar-refractivity contribution in [3.63, 3.8) is 0 Å². The van der Waals surface area contributed by atoms with Crippen LogP contribution < -0.4 is 5.32 Å². The standard InChI is InChI=1S/C7H9NOS/c1-8-6-4-2-3-5-7(6)10-9/h2-6,8H,1H3. The largest absolute Gasteiger partial charge is 0.309 e. The Kier molecular flexibility index (Phi) is 2.59. The van der Waals surface area contributed by atoms with Crippen LogP contribution in [0.1, 0.15) is 0 Å². The summed E-state index contributed by atoms with van der Waals surface area (Å²) in [6.07, 6.45) is 7.59. The topological polar surface area (TPSA) is 29.1 Å². The fraction of sp³-hybridized carbons (Fsp3) is 0.286. The van der Waals surface area contributed by atoms with E-state index in [1.165, 1.54) is 0 Å². The van der Waals surface area contributed by atoms with Gasteiger partial charge >= 0.3 is 0 Å². The summed E-state index contributed by atoms with van der Waals surface area (Å²) in [4.78, 5) is 0.824. The molecule has 0 amide bonds. The number of nitrogens with one attached hydrogen (secondary N) is 1. The monoisotopic (exact) mass is 155 g/mol. The normalized spacial score (nSPS) is 23.3. The van der Waals surface area contributed by atoms with Crippen LogP contribution in [0.3, 0.4) is 0 Å². The molecule has 1 rings (SSSR count). The van der Waals surface area contributed by atoms with Crippen molar-refractivity contribution < 1.29 is 4.21 Å². The zero-order chi connectivity index (χ0) is 7.40. The number of hydrogen-bond donors (Lipinski definition) is 1. The molecule has 0 radical (unpaired) electrons. The number of hydrogen-bond acceptors (Lipinski definition) is 2. The minimum atomic E-state index is 0.118. The van der Waals surface area contributed by atoms with Crippen LogP contribution in [-0.4, -0.2) is 22.2 Å². The van der Waals surface area contributed by atoms with Gasteiger partial charge in [0.2, 0.25) is 0 Å². The van der Waals surface area contributed by atoms with E-state index in [9.17, 15) is 4.21 Å². The van der Waals surface area contributed by atoms with Gasteiger partial charge in [0.1, 0.15) is 0 Å². The van der Waals surface area contributed by atoms with Gasteiger partial charge in [0.15, 0.2) is 0 Å². The van der Waals surface area contributed by atoms with Crippen molar-refractivity contribution in [1.29, 1.82) is 0 Å². The van der Waals surface area contributed by atoms with Gasteiger partial charge in [0.05, 0.1) is 22.2 Å². The van der Waals surface area contributed by atoms with Crippen LogP contribution in [0, 0.1) is 0 Å². The van der Waals surface area contributed by atoms with Crippen LogP contribution in [-0.2, 0) is 11.3 Å². The lowest BCUT2D eigenvalue weighted by Crippen LogP contribution is -2.31. The molecule has 0 saturated heterocycles. The molecule has 1 N–H and O–H groups in total. The van der Waals surface area contributed by atoms with Crippen LogP contribution in [0.15, 0.2) is 24.3 Å². The predicted molar refractivity (Wildman–Crippen MR) is 44.3 cm³/mol. The second-order valence-electron chi connectivity index (χ2n) is 2.00. The van der Waals surface area contributed by atoms with Crippen molar-refractivity contribution >= 4 is 16.1 Å². The molecule has 0 spiro atoms. The fourth-order valence-electron chi connectivity index (χ4n) is 0.842. The Bertz CT molecular complexity index is 226. The third-order valence-electron chi connectivity index (χ3n) is 1.39. The first-order valence-electron chi connectivity index (χ1n) is 3.07. The smallest absolute Gasteiger partial charge is 0.0940 e. The number of rotatable bonds is 1. The Balaban J connectivity index is 2.84. The Morgan fingerprint density at radius 2 is 2.40 bits per heavy atom.